The predicted molar refractivity (Wildman–Crippen MR) is 110 cm³/mol. The highest BCUT2D eigenvalue weighted by Gasteiger charge is 2.07. The molecular formula is C17H23N5O3S2. The molecule has 1 heterocycles. The highest BCUT2D eigenvalue weighted by Crippen LogP contribution is 2.25. The van der Waals surface area contributed by atoms with Crippen molar-refractivity contribution >= 4 is 42.0 Å². The summed E-state index contributed by atoms with van der Waals surface area (Å²) in [6.45, 7) is 3.00. The Balaban J connectivity index is 1.92. The number of anilines is 2. The molecule has 8 nitrogen and oxygen atoms in total. The van der Waals surface area contributed by atoms with Crippen LogP contribution in [0.15, 0.2) is 18.2 Å². The first-order chi connectivity index (χ1) is 12.8. The fourth-order valence-corrected chi connectivity index (χ4v) is 2.95. The topological polar surface area (TPSA) is 106 Å². The lowest BCUT2D eigenvalue weighted by molar-refractivity contribution is -0.137. The first-order valence-corrected chi connectivity index (χ1v) is 9.27. The third-order valence-electron chi connectivity index (χ3n) is 3.87. The number of carbonyl (C=O) groups is 1. The third-order valence-corrected chi connectivity index (χ3v) is 4.27. The summed E-state index contributed by atoms with van der Waals surface area (Å²) in [6, 6.07) is 5.84. The first kappa shape index (κ1) is 20.8. The second-order valence-corrected chi connectivity index (χ2v) is 6.83. The molecule has 0 saturated heterocycles. The van der Waals surface area contributed by atoms with Gasteiger partial charge < -0.3 is 30.0 Å². The summed E-state index contributed by atoms with van der Waals surface area (Å²) in [5.41, 5.74) is 2.17. The third kappa shape index (κ3) is 6.99. The molecule has 0 aliphatic heterocycles. The van der Waals surface area contributed by atoms with Crippen molar-refractivity contribution in [3.05, 3.63) is 33.3 Å². The van der Waals surface area contributed by atoms with E-state index in [1.165, 1.54) is 0 Å². The number of rotatable bonds is 10. The minimum atomic E-state index is -0.758. The van der Waals surface area contributed by atoms with Gasteiger partial charge in [0, 0.05) is 31.8 Å². The van der Waals surface area contributed by atoms with E-state index in [2.05, 4.69) is 25.2 Å². The number of carboxylic acid groups (broad SMARTS) is 1. The van der Waals surface area contributed by atoms with E-state index >= 15 is 0 Å². The summed E-state index contributed by atoms with van der Waals surface area (Å²) < 4.78 is 6.42. The van der Waals surface area contributed by atoms with Gasteiger partial charge in [0.05, 0.1) is 0 Å². The van der Waals surface area contributed by atoms with E-state index in [1.54, 1.807) is 0 Å². The Hall–Kier alpha value is -2.46. The summed E-state index contributed by atoms with van der Waals surface area (Å²) in [7, 11) is 1.99. The molecule has 146 valence electrons. The van der Waals surface area contributed by atoms with Gasteiger partial charge in [-0.2, -0.15) is 4.98 Å². The van der Waals surface area contributed by atoms with Crippen LogP contribution in [0.2, 0.25) is 0 Å². The molecule has 0 atom stereocenters. The lowest BCUT2D eigenvalue weighted by atomic mass is 10.1. The van der Waals surface area contributed by atoms with Gasteiger partial charge in [-0.05, 0) is 55.8 Å². The number of hydrogen-bond acceptors (Lipinski definition) is 7. The number of hydrogen-bond donors (Lipinski definition) is 4. The van der Waals surface area contributed by atoms with Crippen molar-refractivity contribution in [1.82, 2.24) is 15.0 Å². The van der Waals surface area contributed by atoms with Crippen molar-refractivity contribution in [2.75, 3.05) is 30.5 Å². The molecule has 1 aromatic heterocycles. The highest BCUT2D eigenvalue weighted by atomic mass is 32.1. The zero-order chi connectivity index (χ0) is 19.8. The molecule has 0 spiro atoms. The van der Waals surface area contributed by atoms with Gasteiger partial charge in [0.2, 0.25) is 10.7 Å². The largest absolute Gasteiger partial charge is 0.481 e. The summed E-state index contributed by atoms with van der Waals surface area (Å²) >= 11 is 9.99. The number of nitrogens with zero attached hydrogens (tertiary/aromatic N) is 2. The van der Waals surface area contributed by atoms with Crippen molar-refractivity contribution < 1.29 is 14.6 Å². The maximum absolute atomic E-state index is 10.6. The molecule has 2 aromatic rings. The van der Waals surface area contributed by atoms with E-state index in [0.717, 1.165) is 24.2 Å². The zero-order valence-electron chi connectivity index (χ0n) is 15.2. The molecule has 1 aromatic carbocycles. The maximum Gasteiger partial charge on any atom is 0.303 e. The van der Waals surface area contributed by atoms with Crippen LogP contribution in [-0.4, -0.2) is 46.4 Å². The van der Waals surface area contributed by atoms with Crippen LogP contribution in [0.25, 0.3) is 0 Å². The Bertz CT molecular complexity index is 868. The minimum Gasteiger partial charge on any atom is -0.481 e. The smallest absolute Gasteiger partial charge is 0.303 e. The van der Waals surface area contributed by atoms with Gasteiger partial charge in [-0.1, -0.05) is 6.07 Å². The Kier molecular flexibility index (Phi) is 7.74. The van der Waals surface area contributed by atoms with E-state index in [-0.39, 0.29) is 13.2 Å². The van der Waals surface area contributed by atoms with E-state index in [0.29, 0.717) is 27.7 Å². The Morgan fingerprint density at radius 3 is 2.81 bits per heavy atom. The summed E-state index contributed by atoms with van der Waals surface area (Å²) in [6.07, 6.45) is 1.67. The Morgan fingerprint density at radius 2 is 2.11 bits per heavy atom. The molecule has 0 saturated carbocycles. The average molecular weight is 410 g/mol. The van der Waals surface area contributed by atoms with Crippen LogP contribution in [0.3, 0.4) is 0 Å². The van der Waals surface area contributed by atoms with Gasteiger partial charge in [-0.25, -0.2) is 0 Å². The van der Waals surface area contributed by atoms with E-state index < -0.39 is 5.97 Å². The van der Waals surface area contributed by atoms with Crippen LogP contribution >= 0.6 is 24.4 Å². The molecule has 0 aliphatic rings. The maximum atomic E-state index is 10.6. The Morgan fingerprint density at radius 1 is 1.33 bits per heavy atom. The van der Waals surface area contributed by atoms with Crippen LogP contribution in [0, 0.1) is 16.5 Å². The number of nitrogens with one attached hydrogen (secondary N) is 3. The van der Waals surface area contributed by atoms with Crippen molar-refractivity contribution in [3.8, 4) is 5.75 Å². The van der Waals surface area contributed by atoms with Gasteiger partial charge in [-0.15, -0.1) is 0 Å². The monoisotopic (exact) mass is 409 g/mol. The lowest BCUT2D eigenvalue weighted by Crippen LogP contribution is -2.20. The number of benzene rings is 1. The summed E-state index contributed by atoms with van der Waals surface area (Å²) in [5, 5.41) is 11.7. The van der Waals surface area contributed by atoms with Gasteiger partial charge >= 0.3 is 5.97 Å². The van der Waals surface area contributed by atoms with Crippen LogP contribution < -0.4 is 15.0 Å². The van der Waals surface area contributed by atoms with Crippen LogP contribution in [0.4, 0.5) is 11.6 Å². The minimum absolute atomic E-state index is 0.196. The SMILES string of the molecule is Cc1ccc(OCNc2nc(=S)[nH]c(=S)[nH]2)cc1N(C)CCCCC(=O)O. The molecule has 0 bridgehead atoms. The number of aliphatic carboxylic acids is 1. The van der Waals surface area contributed by atoms with E-state index in [9.17, 15) is 4.79 Å². The molecule has 4 N–H and O–H groups in total. The number of aromatic nitrogens is 3. The normalized spacial score (nSPS) is 10.4. The molecule has 0 radical (unpaired) electrons. The highest BCUT2D eigenvalue weighted by molar-refractivity contribution is 7.71. The molecule has 10 heteroatoms. The number of carboxylic acids is 1. The molecule has 27 heavy (non-hydrogen) atoms. The quantitative estimate of drug-likeness (QED) is 0.268. The van der Waals surface area contributed by atoms with E-state index in [4.69, 9.17) is 34.3 Å². The second kappa shape index (κ2) is 10.0. The van der Waals surface area contributed by atoms with Gasteiger partial charge in [0.15, 0.2) is 11.5 Å². The average Bonchev–Trinajstić information content (AvgIpc) is 2.59. The lowest BCUT2D eigenvalue weighted by Gasteiger charge is -2.22. The van der Waals surface area contributed by atoms with Crippen molar-refractivity contribution in [2.24, 2.45) is 0 Å². The molecular weight excluding hydrogens is 386 g/mol. The molecule has 0 unspecified atom stereocenters. The van der Waals surface area contributed by atoms with E-state index in [1.807, 2.05) is 32.2 Å². The molecule has 0 amide bonds. The fourth-order valence-electron chi connectivity index (χ4n) is 2.50. The second-order valence-electron chi connectivity index (χ2n) is 6.03. The summed E-state index contributed by atoms with van der Waals surface area (Å²) in [4.78, 5) is 22.3. The predicted octanol–water partition coefficient (Wildman–Crippen LogP) is 3.64. The van der Waals surface area contributed by atoms with Crippen molar-refractivity contribution in [1.29, 1.82) is 0 Å². The Labute approximate surface area is 167 Å². The number of H-pyrrole nitrogens is 2. The van der Waals surface area contributed by atoms with Crippen LogP contribution in [-0.2, 0) is 4.79 Å². The van der Waals surface area contributed by atoms with Gasteiger partial charge in [0.1, 0.15) is 5.75 Å². The molecule has 2 rings (SSSR count). The van der Waals surface area contributed by atoms with Gasteiger partial charge in [-0.3, -0.25) is 4.79 Å². The zero-order valence-corrected chi connectivity index (χ0v) is 16.9. The molecule has 0 aliphatic carbocycles. The fraction of sp³-hybridized carbons (Fsp3) is 0.412. The van der Waals surface area contributed by atoms with Crippen LogP contribution in [0.5, 0.6) is 5.75 Å². The molecule has 0 fully saturated rings. The number of unbranched alkanes of at least 4 members (excludes halogenated alkanes) is 1. The van der Waals surface area contributed by atoms with Crippen LogP contribution in [0.1, 0.15) is 24.8 Å². The van der Waals surface area contributed by atoms with Crippen molar-refractivity contribution in [3.63, 3.8) is 0 Å². The first-order valence-electron chi connectivity index (χ1n) is 8.46. The number of aromatic amines is 2. The number of ether oxygens (including phenoxy) is 1. The number of aryl methyl sites for hydroxylation is 1. The van der Waals surface area contributed by atoms with Gasteiger partial charge in [0.25, 0.3) is 0 Å². The van der Waals surface area contributed by atoms with Crippen molar-refractivity contribution in [2.45, 2.75) is 26.2 Å². The summed E-state index contributed by atoms with van der Waals surface area (Å²) in [5.74, 6) is 0.387. The standard InChI is InChI=1S/C17H23N5O3S2/c1-11-6-7-12(9-13(11)22(2)8-4-3-5-14(23)24)25-10-18-15-19-16(26)21-17(27)20-15/h6-7,9H,3-5,8,10H2,1-2H3,(H,23,24)(H3,18,19,20,21,26,27).